The smallest absolute Gasteiger partial charge is 0.262 e. The maximum Gasteiger partial charge on any atom is 0.262 e. The Morgan fingerprint density at radius 1 is 0.854 bits per heavy atom. The lowest BCUT2D eigenvalue weighted by Gasteiger charge is -2.16. The molecular weight excluding hydrogens is 540 g/mol. The highest BCUT2D eigenvalue weighted by atomic mass is 32.2. The average molecular weight is 573 g/mol. The zero-order valence-corrected chi connectivity index (χ0v) is 24.1. The average Bonchev–Trinajstić information content (AvgIpc) is 3.28. The molecular formula is C32H32N2O6S. The van der Waals surface area contributed by atoms with Crippen LogP contribution in [0.4, 0.5) is 5.69 Å². The fraction of sp³-hybridized carbons (Fsp3) is 0.250. The maximum absolute atomic E-state index is 13.7. The third-order valence-electron chi connectivity index (χ3n) is 6.93. The molecule has 41 heavy (non-hydrogen) atoms. The lowest BCUT2D eigenvalue weighted by Crippen LogP contribution is -2.32. The molecule has 0 atom stereocenters. The second-order valence-corrected chi connectivity index (χ2v) is 11.7. The molecule has 1 aliphatic rings. The van der Waals surface area contributed by atoms with Crippen molar-refractivity contribution in [1.82, 2.24) is 4.72 Å². The standard InChI is InChI=1S/C32H32N2O6S/c1-4-39-30-25-8-6-7-9-26(25)31(40-5-2)29-27(30)19-34(32(29)36)24-16-14-23(15-17-24)20-41(37,38)33-28(35)18-22-12-10-21(3)11-13-22/h6-17H,4-5,18-20H2,1-3H3,(H,33,35). The van der Waals surface area contributed by atoms with Gasteiger partial charge in [-0.15, -0.1) is 0 Å². The number of hydrogen-bond donors (Lipinski definition) is 1. The van der Waals surface area contributed by atoms with Crippen molar-refractivity contribution in [3.63, 3.8) is 0 Å². The molecule has 4 aromatic rings. The first-order valence-corrected chi connectivity index (χ1v) is 15.2. The molecule has 4 aromatic carbocycles. The molecule has 5 rings (SSSR count). The van der Waals surface area contributed by atoms with E-state index in [1.165, 1.54) is 0 Å². The molecule has 0 saturated carbocycles. The van der Waals surface area contributed by atoms with Gasteiger partial charge in [0.15, 0.2) is 0 Å². The Morgan fingerprint density at radius 2 is 1.44 bits per heavy atom. The molecule has 0 bridgehead atoms. The highest BCUT2D eigenvalue weighted by Crippen LogP contribution is 2.46. The first kappa shape index (κ1) is 28.2. The molecule has 0 radical (unpaired) electrons. The van der Waals surface area contributed by atoms with E-state index in [1.807, 2.05) is 57.2 Å². The van der Waals surface area contributed by atoms with Gasteiger partial charge in [0.2, 0.25) is 15.9 Å². The quantitative estimate of drug-likeness (QED) is 0.277. The lowest BCUT2D eigenvalue weighted by atomic mass is 9.99. The number of carbonyl (C=O) groups is 2. The van der Waals surface area contributed by atoms with E-state index >= 15 is 0 Å². The van der Waals surface area contributed by atoms with Gasteiger partial charge in [-0.05, 0) is 44.0 Å². The second kappa shape index (κ2) is 11.6. The first-order valence-electron chi connectivity index (χ1n) is 13.5. The Kier molecular flexibility index (Phi) is 7.99. The van der Waals surface area contributed by atoms with Crippen LogP contribution in [0.5, 0.6) is 11.5 Å². The van der Waals surface area contributed by atoms with Crippen molar-refractivity contribution in [3.05, 3.63) is 101 Å². The van der Waals surface area contributed by atoms with Gasteiger partial charge in [-0.2, -0.15) is 0 Å². The van der Waals surface area contributed by atoms with Crippen molar-refractivity contribution in [2.45, 2.75) is 39.5 Å². The minimum Gasteiger partial charge on any atom is -0.493 e. The van der Waals surface area contributed by atoms with Gasteiger partial charge in [0.25, 0.3) is 5.91 Å². The summed E-state index contributed by atoms with van der Waals surface area (Å²) in [6.07, 6.45) is -0.0292. The molecule has 9 heteroatoms. The van der Waals surface area contributed by atoms with Crippen molar-refractivity contribution in [1.29, 1.82) is 0 Å². The van der Waals surface area contributed by atoms with Crippen molar-refractivity contribution >= 4 is 38.3 Å². The number of carbonyl (C=O) groups excluding carboxylic acids is 2. The highest BCUT2D eigenvalue weighted by Gasteiger charge is 2.36. The fourth-order valence-electron chi connectivity index (χ4n) is 5.11. The number of fused-ring (bicyclic) bond motifs is 2. The van der Waals surface area contributed by atoms with Crippen LogP contribution in [0, 0.1) is 6.92 Å². The first-order chi connectivity index (χ1) is 19.7. The Bertz CT molecular complexity index is 1710. The summed E-state index contributed by atoms with van der Waals surface area (Å²) in [7, 11) is -3.91. The predicted molar refractivity (Wildman–Crippen MR) is 159 cm³/mol. The zero-order valence-electron chi connectivity index (χ0n) is 23.3. The minimum absolute atomic E-state index is 0.0292. The van der Waals surface area contributed by atoms with Crippen molar-refractivity contribution in [3.8, 4) is 11.5 Å². The summed E-state index contributed by atoms with van der Waals surface area (Å²) in [6, 6.07) is 21.8. The fourth-order valence-corrected chi connectivity index (χ4v) is 6.23. The number of nitrogens with zero attached hydrogens (tertiary/aromatic N) is 1. The number of anilines is 1. The van der Waals surface area contributed by atoms with E-state index in [0.717, 1.165) is 27.5 Å². The molecule has 0 aromatic heterocycles. The number of amides is 2. The highest BCUT2D eigenvalue weighted by molar-refractivity contribution is 7.89. The summed E-state index contributed by atoms with van der Waals surface area (Å²) in [4.78, 5) is 27.7. The molecule has 0 unspecified atom stereocenters. The van der Waals surface area contributed by atoms with Crippen LogP contribution in [-0.2, 0) is 33.5 Å². The van der Waals surface area contributed by atoms with Crippen LogP contribution in [0.2, 0.25) is 0 Å². The van der Waals surface area contributed by atoms with Gasteiger partial charge in [-0.3, -0.25) is 14.3 Å². The number of hydrogen-bond acceptors (Lipinski definition) is 6. The molecule has 8 nitrogen and oxygen atoms in total. The van der Waals surface area contributed by atoms with Gasteiger partial charge >= 0.3 is 0 Å². The van der Waals surface area contributed by atoms with Gasteiger partial charge in [-0.25, -0.2) is 8.42 Å². The normalized spacial score (nSPS) is 12.9. The zero-order chi connectivity index (χ0) is 29.1. The molecule has 0 aliphatic carbocycles. The number of aryl methyl sites for hydroxylation is 1. The summed E-state index contributed by atoms with van der Waals surface area (Å²) in [5.41, 5.74) is 4.15. The number of sulfonamides is 1. The third kappa shape index (κ3) is 5.90. The summed E-state index contributed by atoms with van der Waals surface area (Å²) < 4.78 is 39.6. The van der Waals surface area contributed by atoms with Gasteiger partial charge in [-0.1, -0.05) is 66.2 Å². The summed E-state index contributed by atoms with van der Waals surface area (Å²) >= 11 is 0. The van der Waals surface area contributed by atoms with E-state index in [0.29, 0.717) is 48.1 Å². The van der Waals surface area contributed by atoms with Crippen LogP contribution < -0.4 is 19.1 Å². The minimum atomic E-state index is -3.91. The summed E-state index contributed by atoms with van der Waals surface area (Å²) in [6.45, 7) is 6.87. The van der Waals surface area contributed by atoms with E-state index in [2.05, 4.69) is 4.72 Å². The lowest BCUT2D eigenvalue weighted by molar-refractivity contribution is -0.118. The Morgan fingerprint density at radius 3 is 2.07 bits per heavy atom. The van der Waals surface area contributed by atoms with Gasteiger partial charge < -0.3 is 14.4 Å². The molecule has 0 spiro atoms. The molecule has 1 heterocycles. The third-order valence-corrected chi connectivity index (χ3v) is 8.18. The summed E-state index contributed by atoms with van der Waals surface area (Å²) in [5, 5.41) is 1.70. The SMILES string of the molecule is CCOc1c2c(c(OCC)c3ccccc13)C(=O)N(c1ccc(CS(=O)(=O)NC(=O)Cc3ccc(C)cc3)cc1)C2. The summed E-state index contributed by atoms with van der Waals surface area (Å²) in [5.74, 6) is 0.0437. The van der Waals surface area contributed by atoms with Crippen LogP contribution in [0.1, 0.15) is 46.5 Å². The van der Waals surface area contributed by atoms with E-state index in [9.17, 15) is 18.0 Å². The Labute approximate surface area is 239 Å². The molecule has 2 amide bonds. The van der Waals surface area contributed by atoms with Gasteiger partial charge in [0.05, 0.1) is 37.5 Å². The van der Waals surface area contributed by atoms with Gasteiger partial charge in [0.1, 0.15) is 11.5 Å². The van der Waals surface area contributed by atoms with Crippen LogP contribution in [0.3, 0.4) is 0 Å². The maximum atomic E-state index is 13.7. The van der Waals surface area contributed by atoms with Crippen molar-refractivity contribution in [2.75, 3.05) is 18.1 Å². The number of rotatable bonds is 10. The van der Waals surface area contributed by atoms with Gasteiger partial charge in [0, 0.05) is 22.0 Å². The molecule has 0 saturated heterocycles. The van der Waals surface area contributed by atoms with E-state index in [-0.39, 0.29) is 18.1 Å². The number of ether oxygens (including phenoxy) is 2. The second-order valence-electron chi connectivity index (χ2n) is 9.93. The van der Waals surface area contributed by atoms with E-state index in [1.54, 1.807) is 41.3 Å². The molecule has 1 N–H and O–H groups in total. The van der Waals surface area contributed by atoms with Crippen LogP contribution >= 0.6 is 0 Å². The van der Waals surface area contributed by atoms with Crippen molar-refractivity contribution in [2.24, 2.45) is 0 Å². The number of nitrogens with one attached hydrogen (secondary N) is 1. The van der Waals surface area contributed by atoms with Crippen LogP contribution in [0.15, 0.2) is 72.8 Å². The monoisotopic (exact) mass is 572 g/mol. The number of benzene rings is 4. The molecule has 0 fully saturated rings. The largest absolute Gasteiger partial charge is 0.493 e. The molecule has 1 aliphatic heterocycles. The predicted octanol–water partition coefficient (Wildman–Crippen LogP) is 5.29. The Hall–Kier alpha value is -4.37. The van der Waals surface area contributed by atoms with Crippen LogP contribution in [0.25, 0.3) is 10.8 Å². The Balaban J connectivity index is 1.35. The molecule has 212 valence electrons. The van der Waals surface area contributed by atoms with Crippen LogP contribution in [-0.4, -0.2) is 33.4 Å². The topological polar surface area (TPSA) is 102 Å². The van der Waals surface area contributed by atoms with E-state index in [4.69, 9.17) is 9.47 Å². The van der Waals surface area contributed by atoms with Crippen molar-refractivity contribution < 1.29 is 27.5 Å². The van der Waals surface area contributed by atoms with E-state index < -0.39 is 15.9 Å².